The molecule has 0 atom stereocenters. The van der Waals surface area contributed by atoms with E-state index in [1.54, 1.807) is 18.3 Å². The number of aromatic nitrogens is 1. The van der Waals surface area contributed by atoms with E-state index in [4.69, 9.17) is 0 Å². The third kappa shape index (κ3) is 6.80. The zero-order valence-electron chi connectivity index (χ0n) is 14.5. The number of hydrogen-bond acceptors (Lipinski definition) is 5. The normalized spacial score (nSPS) is 10.4. The van der Waals surface area contributed by atoms with Gasteiger partial charge in [-0.1, -0.05) is 34.1 Å². The van der Waals surface area contributed by atoms with Crippen LogP contribution in [0.25, 0.3) is 0 Å². The molecule has 1 heterocycles. The molecule has 2 rings (SSSR count). The molecule has 2 aromatic rings. The van der Waals surface area contributed by atoms with Gasteiger partial charge in [-0.25, -0.2) is 4.98 Å². The van der Waals surface area contributed by atoms with Crippen LogP contribution in [-0.4, -0.2) is 30.5 Å². The standard InChI is InChI=1S/C19H21BrN2O3S/c1-25-17(23)7-3-2-4-12-21-18(24)16-6-5-13-22-19(16)26-15-10-8-14(20)9-11-15/h5-6,8-11,13H,2-4,7,12H2,1H3,(H,21,24). The number of esters is 1. The lowest BCUT2D eigenvalue weighted by molar-refractivity contribution is -0.140. The Morgan fingerprint density at radius 3 is 2.65 bits per heavy atom. The van der Waals surface area contributed by atoms with Crippen molar-refractivity contribution in [3.05, 3.63) is 52.6 Å². The summed E-state index contributed by atoms with van der Waals surface area (Å²) in [6, 6.07) is 11.4. The molecule has 0 bridgehead atoms. The Kier molecular flexibility index (Phi) is 8.64. The van der Waals surface area contributed by atoms with E-state index in [1.807, 2.05) is 24.3 Å². The maximum absolute atomic E-state index is 12.5. The van der Waals surface area contributed by atoms with Crippen LogP contribution >= 0.6 is 27.7 Å². The van der Waals surface area contributed by atoms with Gasteiger partial charge in [0.1, 0.15) is 5.03 Å². The first-order chi connectivity index (χ1) is 12.6. The number of carbonyl (C=O) groups excluding carboxylic acids is 2. The van der Waals surface area contributed by atoms with Gasteiger partial charge >= 0.3 is 5.97 Å². The molecule has 0 aliphatic rings. The molecule has 7 heteroatoms. The zero-order valence-corrected chi connectivity index (χ0v) is 16.9. The molecule has 0 aliphatic carbocycles. The SMILES string of the molecule is COC(=O)CCCCCNC(=O)c1cccnc1Sc1ccc(Br)cc1. The predicted octanol–water partition coefficient (Wildman–Crippen LogP) is 4.46. The maximum Gasteiger partial charge on any atom is 0.305 e. The number of benzene rings is 1. The summed E-state index contributed by atoms with van der Waals surface area (Å²) in [5, 5.41) is 3.60. The predicted molar refractivity (Wildman–Crippen MR) is 105 cm³/mol. The summed E-state index contributed by atoms with van der Waals surface area (Å²) in [4.78, 5) is 28.9. The number of nitrogens with one attached hydrogen (secondary N) is 1. The van der Waals surface area contributed by atoms with Crippen molar-refractivity contribution >= 4 is 39.6 Å². The molecule has 1 aromatic carbocycles. The van der Waals surface area contributed by atoms with Crippen LogP contribution in [0.5, 0.6) is 0 Å². The Bertz CT molecular complexity index is 738. The average molecular weight is 437 g/mol. The number of ether oxygens (including phenoxy) is 1. The summed E-state index contributed by atoms with van der Waals surface area (Å²) in [5.74, 6) is -0.329. The number of unbranched alkanes of at least 4 members (excludes halogenated alkanes) is 2. The molecule has 1 amide bonds. The van der Waals surface area contributed by atoms with Crippen molar-refractivity contribution in [2.75, 3.05) is 13.7 Å². The molecule has 0 aliphatic heterocycles. The van der Waals surface area contributed by atoms with Gasteiger partial charge in [0.05, 0.1) is 12.7 Å². The Balaban J connectivity index is 1.85. The van der Waals surface area contributed by atoms with Crippen LogP contribution in [0.15, 0.2) is 57.0 Å². The van der Waals surface area contributed by atoms with Crippen LogP contribution in [0.4, 0.5) is 0 Å². The molecular weight excluding hydrogens is 416 g/mol. The van der Waals surface area contributed by atoms with Crippen molar-refractivity contribution in [1.29, 1.82) is 0 Å². The smallest absolute Gasteiger partial charge is 0.305 e. The van der Waals surface area contributed by atoms with Gasteiger partial charge in [-0.3, -0.25) is 9.59 Å². The van der Waals surface area contributed by atoms with Gasteiger partial charge in [-0.05, 0) is 49.2 Å². The summed E-state index contributed by atoms with van der Waals surface area (Å²) in [5.41, 5.74) is 0.565. The number of carbonyl (C=O) groups is 2. The molecule has 138 valence electrons. The first-order valence-corrected chi connectivity index (χ1v) is 9.94. The minimum absolute atomic E-state index is 0.134. The van der Waals surface area contributed by atoms with Crippen LogP contribution in [0.3, 0.4) is 0 Å². The van der Waals surface area contributed by atoms with Crippen LogP contribution in [0.2, 0.25) is 0 Å². The van der Waals surface area contributed by atoms with E-state index < -0.39 is 0 Å². The second-order valence-electron chi connectivity index (χ2n) is 5.55. The molecule has 5 nitrogen and oxygen atoms in total. The van der Waals surface area contributed by atoms with Gasteiger partial charge in [-0.15, -0.1) is 0 Å². The monoisotopic (exact) mass is 436 g/mol. The molecule has 0 unspecified atom stereocenters. The second kappa shape index (κ2) is 11.0. The topological polar surface area (TPSA) is 68.3 Å². The van der Waals surface area contributed by atoms with E-state index in [9.17, 15) is 9.59 Å². The van der Waals surface area contributed by atoms with Crippen molar-refractivity contribution < 1.29 is 14.3 Å². The van der Waals surface area contributed by atoms with Gasteiger partial charge in [-0.2, -0.15) is 0 Å². The molecular formula is C19H21BrN2O3S. The fourth-order valence-corrected chi connectivity index (χ4v) is 3.37. The van der Waals surface area contributed by atoms with E-state index >= 15 is 0 Å². The Morgan fingerprint density at radius 1 is 1.15 bits per heavy atom. The van der Waals surface area contributed by atoms with E-state index in [0.29, 0.717) is 23.6 Å². The van der Waals surface area contributed by atoms with Crippen molar-refractivity contribution in [1.82, 2.24) is 10.3 Å². The molecule has 1 N–H and O–H groups in total. The van der Waals surface area contributed by atoms with Crippen LogP contribution in [-0.2, 0) is 9.53 Å². The van der Waals surface area contributed by atoms with Gasteiger partial charge in [0.2, 0.25) is 0 Å². The lowest BCUT2D eigenvalue weighted by atomic mass is 10.2. The summed E-state index contributed by atoms with van der Waals surface area (Å²) >= 11 is 4.87. The highest BCUT2D eigenvalue weighted by Crippen LogP contribution is 2.29. The largest absolute Gasteiger partial charge is 0.469 e. The number of methoxy groups -OCH3 is 1. The van der Waals surface area contributed by atoms with Gasteiger partial charge in [0, 0.05) is 28.5 Å². The van der Waals surface area contributed by atoms with E-state index in [0.717, 1.165) is 28.6 Å². The van der Waals surface area contributed by atoms with Crippen LogP contribution in [0, 0.1) is 0 Å². The van der Waals surface area contributed by atoms with Crippen molar-refractivity contribution in [3.63, 3.8) is 0 Å². The highest BCUT2D eigenvalue weighted by Gasteiger charge is 2.13. The third-order valence-corrected chi connectivity index (χ3v) is 5.17. The third-order valence-electron chi connectivity index (χ3n) is 3.61. The van der Waals surface area contributed by atoms with Crippen molar-refractivity contribution in [3.8, 4) is 0 Å². The molecule has 0 radical (unpaired) electrons. The number of nitrogens with zero attached hydrogens (tertiary/aromatic N) is 1. The summed E-state index contributed by atoms with van der Waals surface area (Å²) in [6.45, 7) is 0.567. The molecule has 0 spiro atoms. The van der Waals surface area contributed by atoms with Crippen molar-refractivity contribution in [2.45, 2.75) is 35.6 Å². The van der Waals surface area contributed by atoms with Gasteiger partial charge in [0.25, 0.3) is 5.91 Å². The zero-order chi connectivity index (χ0) is 18.8. The highest BCUT2D eigenvalue weighted by molar-refractivity contribution is 9.10. The molecule has 0 saturated carbocycles. The van der Waals surface area contributed by atoms with E-state index in [2.05, 4.69) is 31.0 Å². The number of halogens is 1. The number of pyridine rings is 1. The Labute approximate surface area is 166 Å². The van der Waals surface area contributed by atoms with Gasteiger partial charge in [0.15, 0.2) is 0 Å². The minimum Gasteiger partial charge on any atom is -0.469 e. The molecule has 1 aromatic heterocycles. The van der Waals surface area contributed by atoms with Crippen LogP contribution in [0.1, 0.15) is 36.0 Å². The van der Waals surface area contributed by atoms with Crippen molar-refractivity contribution in [2.24, 2.45) is 0 Å². The summed E-state index contributed by atoms with van der Waals surface area (Å²) in [6.07, 6.45) is 4.55. The second-order valence-corrected chi connectivity index (χ2v) is 7.53. The lowest BCUT2D eigenvalue weighted by Crippen LogP contribution is -2.25. The maximum atomic E-state index is 12.5. The van der Waals surface area contributed by atoms with Gasteiger partial charge < -0.3 is 10.1 Å². The number of rotatable bonds is 9. The summed E-state index contributed by atoms with van der Waals surface area (Å²) in [7, 11) is 1.39. The quantitative estimate of drug-likeness (QED) is 0.464. The first-order valence-electron chi connectivity index (χ1n) is 8.33. The molecule has 0 fully saturated rings. The number of hydrogen-bond donors (Lipinski definition) is 1. The number of amides is 1. The average Bonchev–Trinajstić information content (AvgIpc) is 2.66. The lowest BCUT2D eigenvalue weighted by Gasteiger charge is -2.09. The highest BCUT2D eigenvalue weighted by atomic mass is 79.9. The fraction of sp³-hybridized carbons (Fsp3) is 0.316. The molecule has 0 saturated heterocycles. The van der Waals surface area contributed by atoms with E-state index in [1.165, 1.54) is 18.9 Å². The fourth-order valence-electron chi connectivity index (χ4n) is 2.23. The van der Waals surface area contributed by atoms with Crippen LogP contribution < -0.4 is 5.32 Å². The summed E-state index contributed by atoms with van der Waals surface area (Å²) < 4.78 is 5.61. The Hall–Kier alpha value is -1.86. The minimum atomic E-state index is -0.195. The van der Waals surface area contributed by atoms with E-state index in [-0.39, 0.29) is 11.9 Å². The Morgan fingerprint density at radius 2 is 1.92 bits per heavy atom. The first kappa shape index (κ1) is 20.5. The molecule has 26 heavy (non-hydrogen) atoms.